The van der Waals surface area contributed by atoms with Crippen LogP contribution in [0, 0.1) is 0 Å². The van der Waals surface area contributed by atoms with Crippen molar-refractivity contribution in [1.29, 1.82) is 0 Å². The maximum absolute atomic E-state index is 15.9. The van der Waals surface area contributed by atoms with Gasteiger partial charge < -0.3 is 72.2 Å². The lowest BCUT2D eigenvalue weighted by Gasteiger charge is -2.44. The molecule has 10 atom stereocenters. The van der Waals surface area contributed by atoms with Gasteiger partial charge in [-0.1, -0.05) is 72.8 Å². The van der Waals surface area contributed by atoms with Crippen LogP contribution in [0.25, 0.3) is 0 Å². The molecule has 1 aromatic heterocycles. The zero-order valence-electron chi connectivity index (χ0n) is 54.7. The van der Waals surface area contributed by atoms with Crippen molar-refractivity contribution in [2.45, 2.75) is 128 Å². The normalized spacial score (nSPS) is 21.1. The van der Waals surface area contributed by atoms with E-state index in [1.807, 2.05) is 107 Å². The molecule has 0 bridgehead atoms. The monoisotopic (exact) mass is 1330 g/mol. The van der Waals surface area contributed by atoms with E-state index in [1.165, 1.54) is 37.8 Å². The number of esters is 3. The van der Waals surface area contributed by atoms with Crippen LogP contribution in [0.2, 0.25) is 0 Å². The van der Waals surface area contributed by atoms with Crippen LogP contribution in [0.15, 0.2) is 126 Å². The van der Waals surface area contributed by atoms with E-state index in [0.717, 1.165) is 19.4 Å². The minimum Gasteiger partial charge on any atom is -0.497 e. The largest absolute Gasteiger partial charge is 0.497 e. The number of anilines is 1. The van der Waals surface area contributed by atoms with Crippen LogP contribution < -0.4 is 25.8 Å². The summed E-state index contributed by atoms with van der Waals surface area (Å²) < 4.78 is 109. The van der Waals surface area contributed by atoms with E-state index in [4.69, 9.17) is 70.6 Å². The van der Waals surface area contributed by atoms with Gasteiger partial charge in [-0.05, 0) is 86.8 Å². The lowest BCUT2D eigenvalue weighted by Crippen LogP contribution is -2.66. The first-order valence-corrected chi connectivity index (χ1v) is 32.2. The fourth-order valence-electron chi connectivity index (χ4n) is 11.1. The first-order chi connectivity index (χ1) is 45.1. The molecule has 2 fully saturated rings. The molecule has 7 rings (SSSR count). The van der Waals surface area contributed by atoms with Crippen molar-refractivity contribution < 1.29 is 99.2 Å². The molecule has 0 spiro atoms. The van der Waals surface area contributed by atoms with Crippen molar-refractivity contribution in [3.8, 4) is 11.5 Å². The molecule has 4 aromatic carbocycles. The minimum absolute atomic E-state index is 0.00975. The Balaban J connectivity index is 1.05. The third-order valence-electron chi connectivity index (χ3n) is 15.0. The molecule has 3 heterocycles. The fourth-order valence-corrected chi connectivity index (χ4v) is 13.4. The van der Waals surface area contributed by atoms with Crippen LogP contribution in [-0.4, -0.2) is 192 Å². The number of hydrogen-bond acceptors (Lipinski definition) is 23. The molecule has 2 aliphatic heterocycles. The number of nitrogens with one attached hydrogen (secondary N) is 2. The van der Waals surface area contributed by atoms with E-state index in [2.05, 4.69) is 15.6 Å². The van der Waals surface area contributed by atoms with Crippen molar-refractivity contribution >= 4 is 43.3 Å². The van der Waals surface area contributed by atoms with Gasteiger partial charge in [0.25, 0.3) is 5.91 Å². The summed E-state index contributed by atoms with van der Waals surface area (Å²) in [5, 5.41) is 5.33. The highest BCUT2D eigenvalue weighted by Crippen LogP contribution is 2.58. The second kappa shape index (κ2) is 35.8. The van der Waals surface area contributed by atoms with Crippen LogP contribution in [-0.2, 0) is 90.5 Å². The Morgan fingerprint density at radius 3 is 1.65 bits per heavy atom. The molecular weight excluding hydrogens is 1250 g/mol. The molecule has 1 unspecified atom stereocenters. The van der Waals surface area contributed by atoms with E-state index in [0.29, 0.717) is 28.2 Å². The van der Waals surface area contributed by atoms with Gasteiger partial charge in [-0.25, -0.2) is 14.0 Å². The Labute approximate surface area is 546 Å². The number of hydrogen-bond donors (Lipinski definition) is 2. The van der Waals surface area contributed by atoms with E-state index in [-0.39, 0.29) is 71.9 Å². The fraction of sp³-hybridized carbons (Fsp3) is 0.500. The number of methoxy groups -OCH3 is 3. The highest BCUT2D eigenvalue weighted by molar-refractivity contribution is 7.51. The number of aromatic nitrogens is 2. The number of carbonyl (C=O) groups is 5. The van der Waals surface area contributed by atoms with Crippen LogP contribution in [0.4, 0.5) is 5.82 Å². The van der Waals surface area contributed by atoms with E-state index in [9.17, 15) is 28.8 Å². The van der Waals surface area contributed by atoms with Gasteiger partial charge in [-0.3, -0.25) is 37.6 Å². The molecule has 2 aliphatic rings. The quantitative estimate of drug-likeness (QED) is 0.0137. The summed E-state index contributed by atoms with van der Waals surface area (Å²) in [5.74, 6) is -1.89. The van der Waals surface area contributed by atoms with Crippen molar-refractivity contribution in [2.24, 2.45) is 0 Å². The number of nitrogens with zero attached hydrogens (tertiary/aromatic N) is 3. The van der Waals surface area contributed by atoms with Crippen molar-refractivity contribution in [3.63, 3.8) is 0 Å². The predicted molar refractivity (Wildman–Crippen MR) is 339 cm³/mol. The summed E-state index contributed by atoms with van der Waals surface area (Å²) in [7, 11) is 0.154. The maximum atomic E-state index is 15.9. The summed E-state index contributed by atoms with van der Waals surface area (Å²) in [4.78, 5) is 79.9. The smallest absolute Gasteiger partial charge is 0.409 e. The van der Waals surface area contributed by atoms with Gasteiger partial charge in [-0.2, -0.15) is 4.98 Å². The lowest BCUT2D eigenvalue weighted by molar-refractivity contribution is -0.279. The molecule has 2 N–H and O–H groups in total. The van der Waals surface area contributed by atoms with Crippen LogP contribution in [0.3, 0.4) is 0 Å². The number of ether oxygens (including phenoxy) is 13. The van der Waals surface area contributed by atoms with Gasteiger partial charge in [0.15, 0.2) is 24.7 Å². The van der Waals surface area contributed by atoms with E-state index < -0.39 is 116 Å². The SMILES string of the molecule is COc1ccc(C(OC[C@H]2O[C@@H](n3ccc(NC(=O)c4ccccc4)nc3=O)[C@H](OC)[C@@H]2OP(=O)(OCCOCCOCCOCCO[C@@H]2O[C@H](COC(C)=O)[C@H](OC(C)=O)[C@H](OC(C)=O)[C@H]2NC(C)=O)N(C(C)C)C(C)C)(c2ccccc2)c2ccc(OC)cc2)cc1. The average molecular weight is 1330 g/mol. The van der Waals surface area contributed by atoms with Crippen molar-refractivity contribution in [3.05, 3.63) is 154 Å². The molecule has 0 saturated carbocycles. The summed E-state index contributed by atoms with van der Waals surface area (Å²) in [6.45, 7) is 11.8. The summed E-state index contributed by atoms with van der Waals surface area (Å²) >= 11 is 0. The Hall–Kier alpha value is -7.50. The molecule has 94 heavy (non-hydrogen) atoms. The highest BCUT2D eigenvalue weighted by Gasteiger charge is 2.55. The van der Waals surface area contributed by atoms with Crippen LogP contribution in [0.5, 0.6) is 11.5 Å². The third-order valence-corrected chi connectivity index (χ3v) is 17.5. The molecule has 512 valence electrons. The first kappa shape index (κ1) is 73.9. The van der Waals surface area contributed by atoms with Crippen LogP contribution in [0.1, 0.15) is 88.7 Å². The number of carbonyl (C=O) groups excluding carboxylic acids is 5. The number of rotatable bonds is 36. The Morgan fingerprint density at radius 1 is 0.617 bits per heavy atom. The van der Waals surface area contributed by atoms with E-state index >= 15 is 4.57 Å². The molecule has 0 radical (unpaired) electrons. The first-order valence-electron chi connectivity index (χ1n) is 30.7. The molecule has 2 saturated heterocycles. The van der Waals surface area contributed by atoms with Gasteiger partial charge >= 0.3 is 31.3 Å². The molecule has 5 aromatic rings. The summed E-state index contributed by atoms with van der Waals surface area (Å²) in [6, 6.07) is 32.5. The molecule has 28 heteroatoms. The van der Waals surface area contributed by atoms with Gasteiger partial charge in [0.2, 0.25) is 5.91 Å². The minimum atomic E-state index is -4.42. The zero-order chi connectivity index (χ0) is 68.0. The van der Waals surface area contributed by atoms with E-state index in [1.54, 1.807) is 49.2 Å². The van der Waals surface area contributed by atoms with Gasteiger partial charge in [0.05, 0.1) is 73.7 Å². The third kappa shape index (κ3) is 19.8. The predicted octanol–water partition coefficient (Wildman–Crippen LogP) is 6.79. The standard InChI is InChI=1S/C66H86N5O22P/c1-42(2)71(43(3)4)94(78,88-39-37-84-35-33-82-32-34-83-36-38-85-64-57(67-44(5)72)60(90-47(8)75)58(89-46(7)74)54(92-64)40-86-45(6)73)93-59-55(91-63(61(59)81-11)70-31-30-56(69-65(70)77)68-62(76)48-18-14-12-15-19-48)41-87-66(49-20-16-13-17-21-49,50-22-26-52(79-9)27-23-50)51-24-28-53(80-10)29-25-51/h12-31,42-43,54-55,57-61,63-64H,32-41H2,1-11H3,(H,67,72)(H,68,69,76,77)/t54-,55-,57-,58+,59-,60-,61-,63-,64-,94?/m1/s1. The molecule has 27 nitrogen and oxygen atoms in total. The second-order valence-electron chi connectivity index (χ2n) is 22.3. The van der Waals surface area contributed by atoms with Crippen LogP contribution >= 0.6 is 7.75 Å². The number of benzene rings is 4. The van der Waals surface area contributed by atoms with Gasteiger partial charge in [0, 0.05) is 58.6 Å². The Morgan fingerprint density at radius 2 is 1.14 bits per heavy atom. The second-order valence-corrected chi connectivity index (χ2v) is 24.1. The molecule has 2 amide bonds. The number of amides is 2. The average Bonchev–Trinajstić information content (AvgIpc) is 1.23. The Kier molecular flexibility index (Phi) is 28.2. The molecule has 0 aliphatic carbocycles. The Bertz CT molecular complexity index is 3270. The highest BCUT2D eigenvalue weighted by atomic mass is 31.2. The molecular formula is C66H86N5O22P. The van der Waals surface area contributed by atoms with Gasteiger partial charge in [-0.15, -0.1) is 0 Å². The topological polar surface area (TPSA) is 303 Å². The lowest BCUT2D eigenvalue weighted by atomic mass is 9.80. The van der Waals surface area contributed by atoms with Crippen molar-refractivity contribution in [2.75, 3.05) is 92.7 Å². The summed E-state index contributed by atoms with van der Waals surface area (Å²) in [5.41, 5.74) is 0.372. The van der Waals surface area contributed by atoms with Gasteiger partial charge in [0.1, 0.15) is 60.0 Å². The maximum Gasteiger partial charge on any atom is 0.409 e. The summed E-state index contributed by atoms with van der Waals surface area (Å²) in [6.07, 6.45) is -8.36. The van der Waals surface area contributed by atoms with Crippen molar-refractivity contribution in [1.82, 2.24) is 19.5 Å². The zero-order valence-corrected chi connectivity index (χ0v) is 55.6.